The maximum atomic E-state index is 14.6. The largest absolute Gasteiger partial charge is 0.502 e. The Morgan fingerprint density at radius 2 is 1.81 bits per heavy atom. The maximum Gasteiger partial charge on any atom is 0.278 e. The number of rotatable bonds is 1. The molecule has 0 saturated carbocycles. The van der Waals surface area contributed by atoms with Crippen LogP contribution in [-0.4, -0.2) is 69.5 Å². The number of thioether (sulfide) groups is 1. The predicted octanol–water partition coefficient (Wildman–Crippen LogP) is 1.45. The number of carbonyl (C=O) groups is 1. The molecular formula is C25H19B3FN3O4S. The van der Waals surface area contributed by atoms with E-state index in [0.29, 0.717) is 16.0 Å². The Kier molecular flexibility index (Phi) is 5.37. The number of hydrogen-bond donors (Lipinski definition) is 1. The highest BCUT2D eigenvalue weighted by Crippen LogP contribution is 2.51. The van der Waals surface area contributed by atoms with Crippen molar-refractivity contribution in [3.8, 4) is 5.75 Å². The van der Waals surface area contributed by atoms with Gasteiger partial charge in [0.25, 0.3) is 5.91 Å². The van der Waals surface area contributed by atoms with Crippen molar-refractivity contribution in [3.05, 3.63) is 93.2 Å². The lowest BCUT2D eigenvalue weighted by atomic mass is 9.58. The topological polar surface area (TPSA) is 75.0 Å². The zero-order valence-corrected chi connectivity index (χ0v) is 20.6. The lowest BCUT2D eigenvalue weighted by Crippen LogP contribution is -2.73. The van der Waals surface area contributed by atoms with Crippen molar-refractivity contribution < 1.29 is 19.0 Å². The van der Waals surface area contributed by atoms with E-state index in [9.17, 15) is 19.1 Å². The molecule has 1 amide bonds. The van der Waals surface area contributed by atoms with Gasteiger partial charge in [0.1, 0.15) is 19.8 Å². The van der Waals surface area contributed by atoms with Gasteiger partial charge in [0.15, 0.2) is 11.4 Å². The van der Waals surface area contributed by atoms with Crippen molar-refractivity contribution >= 4 is 41.2 Å². The minimum absolute atomic E-state index is 0.0869. The Hall–Kier alpha value is -3.11. The first-order chi connectivity index (χ1) is 17.6. The summed E-state index contributed by atoms with van der Waals surface area (Å²) in [4.78, 5) is 28.3. The Labute approximate surface area is 220 Å². The van der Waals surface area contributed by atoms with Crippen molar-refractivity contribution in [2.24, 2.45) is 0 Å². The molecule has 1 aromatic heterocycles. The summed E-state index contributed by atoms with van der Waals surface area (Å²) in [5.41, 5.74) is -1.29. The summed E-state index contributed by atoms with van der Waals surface area (Å²) in [6.07, 6.45) is 0.636. The Morgan fingerprint density at radius 3 is 2.59 bits per heavy atom. The van der Waals surface area contributed by atoms with Crippen LogP contribution in [-0.2, 0) is 14.7 Å². The molecule has 1 N–H and O–H groups in total. The molecule has 3 aliphatic rings. The van der Waals surface area contributed by atoms with E-state index >= 15 is 0 Å². The first-order valence-corrected chi connectivity index (χ1v) is 12.5. The van der Waals surface area contributed by atoms with Crippen LogP contribution in [0, 0.1) is 5.82 Å². The summed E-state index contributed by atoms with van der Waals surface area (Å²) in [5, 5.41) is 12.5. The highest BCUT2D eigenvalue weighted by molar-refractivity contribution is 8.02. The molecule has 0 aliphatic carbocycles. The van der Waals surface area contributed by atoms with E-state index in [1.807, 2.05) is 25.1 Å². The van der Waals surface area contributed by atoms with Crippen LogP contribution in [0.3, 0.4) is 0 Å². The molecule has 180 valence electrons. The average Bonchev–Trinajstić information content (AvgIpc) is 2.92. The van der Waals surface area contributed by atoms with Crippen LogP contribution in [0.4, 0.5) is 4.39 Å². The third-order valence-corrected chi connectivity index (χ3v) is 8.31. The molecule has 37 heavy (non-hydrogen) atoms. The lowest BCUT2D eigenvalue weighted by molar-refractivity contribution is -0.0485. The van der Waals surface area contributed by atoms with E-state index in [4.69, 9.17) is 28.3 Å². The number of benzene rings is 2. The fourth-order valence-corrected chi connectivity index (χ4v) is 6.68. The molecule has 7 nitrogen and oxygen atoms in total. The first kappa shape index (κ1) is 24.2. The summed E-state index contributed by atoms with van der Waals surface area (Å²) < 4.78 is 20.3. The van der Waals surface area contributed by atoms with Crippen molar-refractivity contribution in [3.63, 3.8) is 0 Å². The Balaban J connectivity index is 1.75. The quantitative estimate of drug-likeness (QED) is 0.502. The van der Waals surface area contributed by atoms with Gasteiger partial charge in [0, 0.05) is 17.2 Å². The first-order valence-electron chi connectivity index (χ1n) is 11.7. The second-order valence-electron chi connectivity index (χ2n) is 9.49. The lowest BCUT2D eigenvalue weighted by Gasteiger charge is -2.57. The second kappa shape index (κ2) is 8.20. The number of ether oxygens (including phenoxy) is 1. The standard InChI is InChI=1S/C25H19B3FN3O4S/c1-13-11-36-12-20-31(13)23(35)21-22(34)18(33)8-9-30(21)32(20)24(26)15-7-6-14(29)10-17(15)25(27,28)37-19-5-3-2-4-16(19)24/h2-10,13,20,34H,11-12H2,1H3/t13-,20+,24+/m0/s1. The molecule has 0 spiro atoms. The molecular weight excluding hydrogens is 490 g/mol. The monoisotopic (exact) mass is 509 g/mol. The number of nitrogens with zero attached hydrogens (tertiary/aromatic N) is 3. The molecule has 3 aliphatic heterocycles. The summed E-state index contributed by atoms with van der Waals surface area (Å²) in [7, 11) is 20.6. The Bertz CT molecular complexity index is 1520. The zero-order valence-electron chi connectivity index (χ0n) is 19.8. The van der Waals surface area contributed by atoms with Crippen molar-refractivity contribution in [1.82, 2.24) is 9.58 Å². The van der Waals surface area contributed by atoms with Gasteiger partial charge in [-0.3, -0.25) is 19.3 Å². The van der Waals surface area contributed by atoms with Crippen LogP contribution >= 0.6 is 11.8 Å². The number of aromatic nitrogens is 1. The van der Waals surface area contributed by atoms with Gasteiger partial charge in [-0.2, -0.15) is 0 Å². The molecule has 0 unspecified atom stereocenters. The van der Waals surface area contributed by atoms with E-state index in [1.54, 1.807) is 16.0 Å². The van der Waals surface area contributed by atoms with Crippen LogP contribution in [0.1, 0.15) is 34.1 Å². The van der Waals surface area contributed by atoms with Crippen molar-refractivity contribution in [2.45, 2.75) is 34.0 Å². The number of halogens is 1. The predicted molar refractivity (Wildman–Crippen MR) is 139 cm³/mol. The number of morpholine rings is 1. The average molecular weight is 509 g/mol. The maximum absolute atomic E-state index is 14.6. The Morgan fingerprint density at radius 1 is 1.05 bits per heavy atom. The fraction of sp³-hybridized carbons (Fsp3) is 0.280. The molecule has 6 rings (SSSR count). The van der Waals surface area contributed by atoms with E-state index < -0.39 is 45.1 Å². The van der Waals surface area contributed by atoms with Crippen LogP contribution in [0.2, 0.25) is 0 Å². The van der Waals surface area contributed by atoms with Gasteiger partial charge in [-0.15, -0.1) is 11.8 Å². The van der Waals surface area contributed by atoms with Gasteiger partial charge in [-0.1, -0.05) is 24.3 Å². The minimum atomic E-state index is -1.60. The van der Waals surface area contributed by atoms with E-state index in [1.165, 1.54) is 29.1 Å². The highest BCUT2D eigenvalue weighted by Gasteiger charge is 2.53. The molecule has 0 bridgehead atoms. The van der Waals surface area contributed by atoms with E-state index in [-0.39, 0.29) is 24.5 Å². The molecule has 6 radical (unpaired) electrons. The normalized spacial score (nSPS) is 25.9. The number of aromatic hydroxyl groups is 1. The van der Waals surface area contributed by atoms with Crippen LogP contribution in [0.15, 0.2) is 64.4 Å². The fourth-order valence-electron chi connectivity index (χ4n) is 5.56. The molecule has 3 aromatic rings. The third kappa shape index (κ3) is 3.34. The smallest absolute Gasteiger partial charge is 0.278 e. The molecule has 1 saturated heterocycles. The second-order valence-corrected chi connectivity index (χ2v) is 10.8. The van der Waals surface area contributed by atoms with Gasteiger partial charge in [0.2, 0.25) is 5.43 Å². The molecule has 1 fully saturated rings. The van der Waals surface area contributed by atoms with E-state index in [2.05, 4.69) is 0 Å². The van der Waals surface area contributed by atoms with Gasteiger partial charge in [-0.25, -0.2) is 4.39 Å². The zero-order chi connectivity index (χ0) is 26.3. The van der Waals surface area contributed by atoms with Crippen LogP contribution in [0.5, 0.6) is 5.75 Å². The van der Waals surface area contributed by atoms with Crippen LogP contribution < -0.4 is 10.4 Å². The molecule has 2 aromatic carbocycles. The number of hydrogen-bond acceptors (Lipinski definition) is 6. The molecule has 12 heteroatoms. The number of carbonyl (C=O) groups excluding carboxylic acids is 1. The van der Waals surface area contributed by atoms with Gasteiger partial charge >= 0.3 is 0 Å². The number of fused-ring (bicyclic) bond motifs is 4. The van der Waals surface area contributed by atoms with Crippen molar-refractivity contribution in [2.75, 3.05) is 18.2 Å². The van der Waals surface area contributed by atoms with Gasteiger partial charge in [0.05, 0.1) is 40.4 Å². The number of pyridine rings is 1. The third-order valence-electron chi connectivity index (χ3n) is 7.18. The number of amides is 1. The molecule has 3 atom stereocenters. The highest BCUT2D eigenvalue weighted by atomic mass is 32.2. The van der Waals surface area contributed by atoms with Gasteiger partial charge < -0.3 is 14.7 Å². The molecule has 4 heterocycles. The van der Waals surface area contributed by atoms with Gasteiger partial charge in [-0.05, 0) is 46.4 Å². The van der Waals surface area contributed by atoms with Crippen LogP contribution in [0.25, 0.3) is 0 Å². The summed E-state index contributed by atoms with van der Waals surface area (Å²) in [5.74, 6) is -1.76. The van der Waals surface area contributed by atoms with E-state index in [0.717, 1.165) is 17.8 Å². The SMILES string of the molecule is [B]C1([B])Sc2ccccc2[C@]([B])(N2[C@@H]3COC[C@H](C)N3C(=O)c3c(O)c(=O)ccn32)c2ccc(F)cc21. The van der Waals surface area contributed by atoms with Crippen molar-refractivity contribution in [1.29, 1.82) is 0 Å². The minimum Gasteiger partial charge on any atom is -0.502 e. The summed E-state index contributed by atoms with van der Waals surface area (Å²) in [6.45, 7) is 2.15. The summed E-state index contributed by atoms with van der Waals surface area (Å²) >= 11 is 1.13. The summed E-state index contributed by atoms with van der Waals surface area (Å²) in [6, 6.07) is 12.1.